The summed E-state index contributed by atoms with van der Waals surface area (Å²) in [5.41, 5.74) is 0.968. The third-order valence-corrected chi connectivity index (χ3v) is 6.04. The monoisotopic (exact) mass is 391 g/mol. The van der Waals surface area contributed by atoms with E-state index < -0.39 is 10.0 Å². The summed E-state index contributed by atoms with van der Waals surface area (Å²) < 4.78 is 26.2. The van der Waals surface area contributed by atoms with E-state index in [2.05, 4.69) is 33.7 Å². The van der Waals surface area contributed by atoms with Gasteiger partial charge in [0.25, 0.3) is 0 Å². The minimum absolute atomic E-state index is 0.0369. The largest absolute Gasteiger partial charge is 0.291 e. The van der Waals surface area contributed by atoms with Crippen molar-refractivity contribution in [2.24, 2.45) is 5.92 Å². The number of hydrogen-bond acceptors (Lipinski definition) is 5. The predicted molar refractivity (Wildman–Crippen MR) is 107 cm³/mol. The van der Waals surface area contributed by atoms with Crippen LogP contribution in [0.4, 0.5) is 0 Å². The van der Waals surface area contributed by atoms with Gasteiger partial charge in [-0.15, -0.1) is 0 Å². The Morgan fingerprint density at radius 3 is 2.59 bits per heavy atom. The zero-order chi connectivity index (χ0) is 19.4. The molecule has 0 radical (unpaired) electrons. The number of aromatic nitrogens is 3. The molecule has 0 bridgehead atoms. The van der Waals surface area contributed by atoms with Crippen molar-refractivity contribution < 1.29 is 8.42 Å². The number of rotatable bonds is 8. The van der Waals surface area contributed by atoms with Crippen LogP contribution in [0.25, 0.3) is 11.4 Å². The lowest BCUT2D eigenvalue weighted by atomic mass is 10.0. The average molecular weight is 392 g/mol. The third-order valence-electron chi connectivity index (χ3n) is 5.28. The normalized spacial score (nSPS) is 21.2. The van der Waals surface area contributed by atoms with Crippen LogP contribution in [0, 0.1) is 5.92 Å². The summed E-state index contributed by atoms with van der Waals surface area (Å²) in [6.45, 7) is 6.03. The fourth-order valence-corrected chi connectivity index (χ4v) is 4.57. The van der Waals surface area contributed by atoms with Crippen molar-refractivity contribution in [2.75, 3.05) is 19.3 Å². The molecule has 7 nitrogen and oxygen atoms in total. The molecule has 0 aliphatic carbocycles. The van der Waals surface area contributed by atoms with Crippen LogP contribution in [-0.2, 0) is 10.0 Å². The molecule has 3 rings (SSSR count). The van der Waals surface area contributed by atoms with Crippen molar-refractivity contribution in [1.29, 1.82) is 0 Å². The molecule has 1 fully saturated rings. The highest BCUT2D eigenvalue weighted by Gasteiger charge is 2.37. The smallest absolute Gasteiger partial charge is 0.208 e. The second-order valence-electron chi connectivity index (χ2n) is 7.39. The van der Waals surface area contributed by atoms with Crippen LogP contribution in [-0.4, -0.2) is 53.9 Å². The molecule has 2 N–H and O–H groups in total. The number of nitrogens with one attached hydrogen (secondary N) is 2. The molecular formula is C19H29N5O2S. The first-order valence-corrected chi connectivity index (χ1v) is 11.5. The molecule has 0 unspecified atom stereocenters. The van der Waals surface area contributed by atoms with Gasteiger partial charge in [-0.25, -0.2) is 18.1 Å². The highest BCUT2D eigenvalue weighted by molar-refractivity contribution is 7.88. The van der Waals surface area contributed by atoms with E-state index in [-0.39, 0.29) is 12.1 Å². The number of H-pyrrole nitrogens is 1. The lowest BCUT2D eigenvalue weighted by Gasteiger charge is -2.26. The van der Waals surface area contributed by atoms with Crippen molar-refractivity contribution in [3.05, 3.63) is 36.2 Å². The molecule has 8 heteroatoms. The van der Waals surface area contributed by atoms with Crippen molar-refractivity contribution >= 4 is 10.0 Å². The lowest BCUT2D eigenvalue weighted by Crippen LogP contribution is -2.37. The van der Waals surface area contributed by atoms with Crippen LogP contribution in [0.3, 0.4) is 0 Å². The maximum atomic E-state index is 11.7. The molecule has 2 atom stereocenters. The average Bonchev–Trinajstić information content (AvgIpc) is 3.26. The second kappa shape index (κ2) is 8.50. The first-order valence-electron chi connectivity index (χ1n) is 9.58. The zero-order valence-corrected chi connectivity index (χ0v) is 17.0. The van der Waals surface area contributed by atoms with Gasteiger partial charge < -0.3 is 0 Å². The van der Waals surface area contributed by atoms with Crippen LogP contribution in [0.5, 0.6) is 0 Å². The number of aromatic amines is 1. The Morgan fingerprint density at radius 2 is 1.96 bits per heavy atom. The van der Waals surface area contributed by atoms with Gasteiger partial charge in [0.05, 0.1) is 12.3 Å². The van der Waals surface area contributed by atoms with Crippen LogP contribution >= 0.6 is 0 Å². The van der Waals surface area contributed by atoms with Gasteiger partial charge >= 0.3 is 0 Å². The maximum absolute atomic E-state index is 11.7. The summed E-state index contributed by atoms with van der Waals surface area (Å²) in [7, 11) is -3.24. The Kier molecular flexibility index (Phi) is 6.29. The summed E-state index contributed by atoms with van der Waals surface area (Å²) in [5.74, 6) is 2.06. The predicted octanol–water partition coefficient (Wildman–Crippen LogP) is 2.57. The van der Waals surface area contributed by atoms with Gasteiger partial charge in [-0.05, 0) is 12.3 Å². The summed E-state index contributed by atoms with van der Waals surface area (Å²) >= 11 is 0. The van der Waals surface area contributed by atoms with Gasteiger partial charge in [-0.2, -0.15) is 5.10 Å². The quantitative estimate of drug-likeness (QED) is 0.722. The van der Waals surface area contributed by atoms with Crippen molar-refractivity contribution in [1.82, 2.24) is 24.8 Å². The molecule has 1 saturated heterocycles. The minimum atomic E-state index is -3.24. The van der Waals surface area contributed by atoms with E-state index in [1.165, 1.54) is 6.26 Å². The molecule has 0 saturated carbocycles. The van der Waals surface area contributed by atoms with Crippen molar-refractivity contribution in [2.45, 2.75) is 45.2 Å². The maximum Gasteiger partial charge on any atom is 0.208 e. The molecule has 2 aromatic rings. The van der Waals surface area contributed by atoms with E-state index in [1.807, 2.05) is 30.3 Å². The molecule has 0 spiro atoms. The number of likely N-dealkylation sites (tertiary alicyclic amines) is 1. The summed E-state index contributed by atoms with van der Waals surface area (Å²) in [4.78, 5) is 7.06. The highest BCUT2D eigenvalue weighted by Crippen LogP contribution is 2.32. The molecule has 1 aliphatic heterocycles. The van der Waals surface area contributed by atoms with Gasteiger partial charge in [0.2, 0.25) is 10.0 Å². The second-order valence-corrected chi connectivity index (χ2v) is 9.17. The Balaban J connectivity index is 1.82. The first-order chi connectivity index (χ1) is 12.9. The van der Waals surface area contributed by atoms with Crippen molar-refractivity contribution in [3.63, 3.8) is 0 Å². The molecule has 148 valence electrons. The molecule has 2 heterocycles. The van der Waals surface area contributed by atoms with E-state index in [4.69, 9.17) is 4.98 Å². The van der Waals surface area contributed by atoms with E-state index >= 15 is 0 Å². The van der Waals surface area contributed by atoms with Gasteiger partial charge in [0, 0.05) is 24.7 Å². The van der Waals surface area contributed by atoms with Crippen LogP contribution in [0.1, 0.15) is 45.0 Å². The molecule has 1 aliphatic rings. The van der Waals surface area contributed by atoms with Gasteiger partial charge in [-0.3, -0.25) is 10.00 Å². The van der Waals surface area contributed by atoms with E-state index in [9.17, 15) is 8.42 Å². The standard InChI is InChI=1S/C19H29N5O2S/c1-4-14(5-2)12-24-13-16(23-27(3,25)26)11-17(24)19-20-18(21-22-19)15-9-7-6-8-10-15/h6-10,14,16-17,23H,4-5,11-13H2,1-3H3,(H,20,21,22)/t16-,17-/m0/s1. The lowest BCUT2D eigenvalue weighted by molar-refractivity contribution is 0.202. The Bertz CT molecular complexity index is 833. The Morgan fingerprint density at radius 1 is 1.26 bits per heavy atom. The Labute approximate surface area is 161 Å². The van der Waals surface area contributed by atoms with Crippen LogP contribution in [0.15, 0.2) is 30.3 Å². The SMILES string of the molecule is CCC(CC)CN1C[C@@H](NS(C)(=O)=O)C[C@H]1c1nc(-c2ccccc2)n[nH]1. The van der Waals surface area contributed by atoms with Gasteiger partial charge in [0.15, 0.2) is 5.82 Å². The molecular weight excluding hydrogens is 362 g/mol. The summed E-state index contributed by atoms with van der Waals surface area (Å²) in [5, 5.41) is 7.47. The summed E-state index contributed by atoms with van der Waals surface area (Å²) in [6, 6.07) is 9.79. The van der Waals surface area contributed by atoms with Gasteiger partial charge in [-0.1, -0.05) is 57.0 Å². The number of sulfonamides is 1. The molecule has 1 aromatic carbocycles. The highest BCUT2D eigenvalue weighted by atomic mass is 32.2. The van der Waals surface area contributed by atoms with E-state index in [0.29, 0.717) is 24.7 Å². The fourth-order valence-electron chi connectivity index (χ4n) is 3.80. The zero-order valence-electron chi connectivity index (χ0n) is 16.2. The van der Waals surface area contributed by atoms with Crippen LogP contribution in [0.2, 0.25) is 0 Å². The van der Waals surface area contributed by atoms with E-state index in [1.54, 1.807) is 0 Å². The number of hydrogen-bond donors (Lipinski definition) is 2. The summed E-state index contributed by atoms with van der Waals surface area (Å²) in [6.07, 6.45) is 4.12. The first kappa shape index (κ1) is 20.0. The number of benzene rings is 1. The van der Waals surface area contributed by atoms with Crippen LogP contribution < -0.4 is 4.72 Å². The third kappa shape index (κ3) is 5.15. The number of nitrogens with zero attached hydrogens (tertiary/aromatic N) is 3. The van der Waals surface area contributed by atoms with Crippen molar-refractivity contribution in [3.8, 4) is 11.4 Å². The Hall–Kier alpha value is -1.77. The van der Waals surface area contributed by atoms with Gasteiger partial charge in [0.1, 0.15) is 5.82 Å². The molecule has 1 aromatic heterocycles. The molecule has 27 heavy (non-hydrogen) atoms. The fraction of sp³-hybridized carbons (Fsp3) is 0.579. The molecule has 0 amide bonds. The minimum Gasteiger partial charge on any atom is -0.291 e. The topological polar surface area (TPSA) is 91.0 Å². The van der Waals surface area contributed by atoms with E-state index in [0.717, 1.165) is 30.8 Å².